The lowest BCUT2D eigenvalue weighted by atomic mass is 9.99. The fourth-order valence-corrected chi connectivity index (χ4v) is 3.18. The molecular weight excluding hydrogens is 326 g/mol. The van der Waals surface area contributed by atoms with Crippen molar-refractivity contribution >= 4 is 22.7 Å². The molecule has 1 aliphatic heterocycles. The average Bonchev–Trinajstić information content (AvgIpc) is 2.90. The Hall–Kier alpha value is -2.64. The van der Waals surface area contributed by atoms with Crippen molar-refractivity contribution in [1.82, 2.24) is 9.47 Å². The number of aryl methyl sites for hydroxylation is 1. The van der Waals surface area contributed by atoms with E-state index in [2.05, 4.69) is 6.92 Å². The van der Waals surface area contributed by atoms with Crippen LogP contribution in [-0.2, 0) is 11.3 Å². The molecule has 0 spiro atoms. The number of amides is 1. The standard InChI is InChI=1S/C17H21N3O5/c1-12-6-9-18(10-7-12)16(21)3-2-8-19-14-5-4-13(20(23)24)11-15(14)25-17(19)22/h4-5,11-12H,2-3,6-10H2,1H3. The van der Waals surface area contributed by atoms with Crippen LogP contribution in [0.4, 0.5) is 5.69 Å². The zero-order chi connectivity index (χ0) is 18.0. The summed E-state index contributed by atoms with van der Waals surface area (Å²) in [7, 11) is 0. The van der Waals surface area contributed by atoms with Gasteiger partial charge in [-0.05, 0) is 31.2 Å². The van der Waals surface area contributed by atoms with Crippen molar-refractivity contribution in [3.05, 3.63) is 38.9 Å². The van der Waals surface area contributed by atoms with Crippen LogP contribution in [0.25, 0.3) is 11.1 Å². The Bertz CT molecular complexity index is 846. The molecule has 0 saturated carbocycles. The van der Waals surface area contributed by atoms with Crippen molar-refractivity contribution in [1.29, 1.82) is 0 Å². The van der Waals surface area contributed by atoms with Crippen LogP contribution in [0.3, 0.4) is 0 Å². The van der Waals surface area contributed by atoms with E-state index in [0.29, 0.717) is 30.8 Å². The Kier molecular flexibility index (Phi) is 4.87. The van der Waals surface area contributed by atoms with Crippen molar-refractivity contribution in [2.45, 2.75) is 39.2 Å². The molecule has 0 N–H and O–H groups in total. The molecule has 1 aromatic heterocycles. The van der Waals surface area contributed by atoms with Gasteiger partial charge in [-0.2, -0.15) is 0 Å². The van der Waals surface area contributed by atoms with E-state index in [-0.39, 0.29) is 17.2 Å². The Morgan fingerprint density at radius 3 is 2.76 bits per heavy atom. The molecule has 0 atom stereocenters. The normalized spacial score (nSPS) is 15.6. The number of hydrogen-bond acceptors (Lipinski definition) is 5. The van der Waals surface area contributed by atoms with Crippen LogP contribution < -0.4 is 5.76 Å². The van der Waals surface area contributed by atoms with Crippen molar-refractivity contribution in [3.63, 3.8) is 0 Å². The van der Waals surface area contributed by atoms with Gasteiger partial charge in [-0.15, -0.1) is 0 Å². The maximum Gasteiger partial charge on any atom is 0.419 e. The third kappa shape index (κ3) is 3.72. The van der Waals surface area contributed by atoms with E-state index in [9.17, 15) is 19.7 Å². The minimum absolute atomic E-state index is 0.114. The van der Waals surface area contributed by atoms with E-state index < -0.39 is 10.7 Å². The predicted molar refractivity (Wildman–Crippen MR) is 91.3 cm³/mol. The molecule has 2 aromatic rings. The molecule has 8 nitrogen and oxygen atoms in total. The zero-order valence-electron chi connectivity index (χ0n) is 14.1. The van der Waals surface area contributed by atoms with Gasteiger partial charge in [-0.25, -0.2) is 4.79 Å². The maximum absolute atomic E-state index is 12.2. The quantitative estimate of drug-likeness (QED) is 0.611. The smallest absolute Gasteiger partial charge is 0.407 e. The fraction of sp³-hybridized carbons (Fsp3) is 0.529. The molecule has 1 saturated heterocycles. The van der Waals surface area contributed by atoms with E-state index in [1.54, 1.807) is 0 Å². The van der Waals surface area contributed by atoms with Gasteiger partial charge in [-0.3, -0.25) is 19.5 Å². The first-order valence-corrected chi connectivity index (χ1v) is 8.51. The third-order valence-corrected chi connectivity index (χ3v) is 4.77. The highest BCUT2D eigenvalue weighted by molar-refractivity contribution is 5.77. The summed E-state index contributed by atoms with van der Waals surface area (Å²) in [6.07, 6.45) is 2.98. The highest BCUT2D eigenvalue weighted by Gasteiger charge is 2.20. The summed E-state index contributed by atoms with van der Waals surface area (Å²) >= 11 is 0. The number of rotatable bonds is 5. The number of nitrogens with zero attached hydrogens (tertiary/aromatic N) is 3. The molecule has 1 aliphatic rings. The van der Waals surface area contributed by atoms with Gasteiger partial charge in [0.1, 0.15) is 0 Å². The summed E-state index contributed by atoms with van der Waals surface area (Å²) in [5, 5.41) is 10.8. The number of nitro groups is 1. The number of nitro benzene ring substituents is 1. The largest absolute Gasteiger partial charge is 0.419 e. The summed E-state index contributed by atoms with van der Waals surface area (Å²) in [5.41, 5.74) is 0.577. The van der Waals surface area contributed by atoms with Crippen molar-refractivity contribution in [2.24, 2.45) is 5.92 Å². The van der Waals surface area contributed by atoms with Crippen molar-refractivity contribution in [2.75, 3.05) is 13.1 Å². The van der Waals surface area contributed by atoms with E-state index in [1.165, 1.54) is 22.8 Å². The lowest BCUT2D eigenvalue weighted by molar-refractivity contribution is -0.384. The molecule has 8 heteroatoms. The monoisotopic (exact) mass is 347 g/mol. The number of benzene rings is 1. The molecule has 0 bridgehead atoms. The van der Waals surface area contributed by atoms with Gasteiger partial charge in [0.15, 0.2) is 5.58 Å². The summed E-state index contributed by atoms with van der Waals surface area (Å²) in [6.45, 7) is 4.15. The summed E-state index contributed by atoms with van der Waals surface area (Å²) < 4.78 is 6.50. The molecule has 2 heterocycles. The van der Waals surface area contributed by atoms with Crippen molar-refractivity contribution in [3.8, 4) is 0 Å². The number of carbonyl (C=O) groups is 1. The number of aromatic nitrogens is 1. The van der Waals surface area contributed by atoms with Gasteiger partial charge < -0.3 is 9.32 Å². The number of non-ortho nitro benzene ring substituents is 1. The van der Waals surface area contributed by atoms with Crippen LogP contribution in [0.5, 0.6) is 0 Å². The first kappa shape index (κ1) is 17.2. The van der Waals surface area contributed by atoms with E-state index in [0.717, 1.165) is 25.9 Å². The Balaban J connectivity index is 1.63. The number of likely N-dealkylation sites (tertiary alicyclic amines) is 1. The highest BCUT2D eigenvalue weighted by atomic mass is 16.6. The van der Waals surface area contributed by atoms with Crippen LogP contribution in [-0.4, -0.2) is 33.4 Å². The van der Waals surface area contributed by atoms with Gasteiger partial charge in [0.2, 0.25) is 5.91 Å². The molecule has 134 valence electrons. The first-order valence-electron chi connectivity index (χ1n) is 8.51. The summed E-state index contributed by atoms with van der Waals surface area (Å²) in [6, 6.07) is 4.09. The summed E-state index contributed by atoms with van der Waals surface area (Å²) in [5.74, 6) is 0.224. The molecule has 1 amide bonds. The van der Waals surface area contributed by atoms with Crippen LogP contribution in [0.15, 0.2) is 27.4 Å². The lowest BCUT2D eigenvalue weighted by Gasteiger charge is -2.30. The third-order valence-electron chi connectivity index (χ3n) is 4.77. The SMILES string of the molecule is CC1CCN(C(=O)CCCn2c(=O)oc3cc([N+](=O)[O-])ccc32)CC1. The van der Waals surface area contributed by atoms with Crippen LogP contribution in [0.2, 0.25) is 0 Å². The Labute approximate surface area is 144 Å². The van der Waals surface area contributed by atoms with Crippen LogP contribution in [0.1, 0.15) is 32.6 Å². The second kappa shape index (κ2) is 7.08. The lowest BCUT2D eigenvalue weighted by Crippen LogP contribution is -2.37. The minimum Gasteiger partial charge on any atom is -0.407 e. The molecule has 3 rings (SSSR count). The average molecular weight is 347 g/mol. The van der Waals surface area contributed by atoms with Crippen LogP contribution >= 0.6 is 0 Å². The summed E-state index contributed by atoms with van der Waals surface area (Å²) in [4.78, 5) is 36.4. The van der Waals surface area contributed by atoms with Gasteiger partial charge >= 0.3 is 5.76 Å². The molecule has 0 radical (unpaired) electrons. The highest BCUT2D eigenvalue weighted by Crippen LogP contribution is 2.21. The molecule has 0 aliphatic carbocycles. The van der Waals surface area contributed by atoms with Gasteiger partial charge in [0, 0.05) is 32.1 Å². The van der Waals surface area contributed by atoms with Gasteiger partial charge in [-0.1, -0.05) is 6.92 Å². The number of carbonyl (C=O) groups excluding carboxylic acids is 1. The first-order chi connectivity index (χ1) is 12.0. The Morgan fingerprint density at radius 1 is 1.36 bits per heavy atom. The number of oxazole rings is 1. The number of piperidine rings is 1. The minimum atomic E-state index is -0.560. The number of fused-ring (bicyclic) bond motifs is 1. The molecule has 25 heavy (non-hydrogen) atoms. The van der Waals surface area contributed by atoms with Gasteiger partial charge in [0.25, 0.3) is 5.69 Å². The van der Waals surface area contributed by atoms with Crippen molar-refractivity contribution < 1.29 is 14.1 Å². The zero-order valence-corrected chi connectivity index (χ0v) is 14.1. The molecule has 0 unspecified atom stereocenters. The molecule has 1 aromatic carbocycles. The van der Waals surface area contributed by atoms with Gasteiger partial charge in [0.05, 0.1) is 16.5 Å². The second-order valence-electron chi connectivity index (χ2n) is 6.60. The maximum atomic E-state index is 12.2. The predicted octanol–water partition coefficient (Wildman–Crippen LogP) is 2.54. The van der Waals surface area contributed by atoms with E-state index >= 15 is 0 Å². The molecule has 1 fully saturated rings. The second-order valence-corrected chi connectivity index (χ2v) is 6.60. The topological polar surface area (TPSA) is 98.6 Å². The fourth-order valence-electron chi connectivity index (χ4n) is 3.18. The van der Waals surface area contributed by atoms with E-state index in [1.807, 2.05) is 4.90 Å². The molecular formula is C17H21N3O5. The number of hydrogen-bond donors (Lipinski definition) is 0. The Morgan fingerprint density at radius 2 is 2.08 bits per heavy atom. The van der Waals surface area contributed by atoms with Crippen LogP contribution in [0, 0.1) is 16.0 Å². The van der Waals surface area contributed by atoms with E-state index in [4.69, 9.17) is 4.42 Å².